The molecule has 5 heteroatoms. The minimum absolute atomic E-state index is 0.148. The van der Waals surface area contributed by atoms with Crippen LogP contribution in [0.5, 0.6) is 0 Å². The van der Waals surface area contributed by atoms with Gasteiger partial charge in [-0.1, -0.05) is 25.3 Å². The van der Waals surface area contributed by atoms with Gasteiger partial charge in [0.2, 0.25) is 0 Å². The summed E-state index contributed by atoms with van der Waals surface area (Å²) >= 11 is 0. The molecule has 2 aliphatic rings. The van der Waals surface area contributed by atoms with E-state index in [9.17, 15) is 4.79 Å². The predicted molar refractivity (Wildman–Crippen MR) is 101 cm³/mol. The van der Waals surface area contributed by atoms with Gasteiger partial charge in [0.05, 0.1) is 0 Å². The summed E-state index contributed by atoms with van der Waals surface area (Å²) < 4.78 is 0. The highest BCUT2D eigenvalue weighted by atomic mass is 16.2. The van der Waals surface area contributed by atoms with Gasteiger partial charge < -0.3 is 15.1 Å². The van der Waals surface area contributed by atoms with Crippen LogP contribution in [0.25, 0.3) is 0 Å². The Morgan fingerprint density at radius 2 is 2.08 bits per heavy atom. The molecule has 1 N–H and O–H groups in total. The van der Waals surface area contributed by atoms with Gasteiger partial charge in [0.1, 0.15) is 0 Å². The Bertz CT molecular complexity index is 530. The lowest BCUT2D eigenvalue weighted by Gasteiger charge is -2.38. The van der Waals surface area contributed by atoms with E-state index in [0.29, 0.717) is 12.1 Å². The summed E-state index contributed by atoms with van der Waals surface area (Å²) in [5.41, 5.74) is 1.14. The van der Waals surface area contributed by atoms with Crippen molar-refractivity contribution < 1.29 is 4.79 Å². The molecule has 5 nitrogen and oxygen atoms in total. The Hall–Kier alpha value is -1.62. The first-order chi connectivity index (χ1) is 12.2. The number of amides is 2. The first-order valence-electron chi connectivity index (χ1n) is 9.88. The molecule has 1 aromatic heterocycles. The summed E-state index contributed by atoms with van der Waals surface area (Å²) in [4.78, 5) is 21.4. The van der Waals surface area contributed by atoms with E-state index in [1.54, 1.807) is 0 Å². The van der Waals surface area contributed by atoms with Crippen LogP contribution in [0, 0.1) is 0 Å². The molecule has 25 heavy (non-hydrogen) atoms. The van der Waals surface area contributed by atoms with E-state index in [1.807, 2.05) is 23.2 Å². The van der Waals surface area contributed by atoms with Crippen molar-refractivity contribution >= 4 is 6.03 Å². The number of likely N-dealkylation sites (tertiary alicyclic amines) is 1. The first-order valence-corrected chi connectivity index (χ1v) is 9.88. The zero-order valence-corrected chi connectivity index (χ0v) is 15.5. The average Bonchev–Trinajstić information content (AvgIpc) is 2.68. The SMILES string of the molecule is CN(CCc1ccccn1)C1CCCN(C(=O)NC2CCCCC2)C1. The third-order valence-electron chi connectivity index (χ3n) is 5.69. The number of nitrogens with one attached hydrogen (secondary N) is 1. The molecule has 0 bridgehead atoms. The van der Waals surface area contributed by atoms with Gasteiger partial charge in [0.15, 0.2) is 0 Å². The first kappa shape index (κ1) is 18.2. The molecule has 138 valence electrons. The zero-order valence-electron chi connectivity index (χ0n) is 15.5. The molecule has 1 saturated carbocycles. The van der Waals surface area contributed by atoms with Crippen LogP contribution in [0.2, 0.25) is 0 Å². The van der Waals surface area contributed by atoms with Crippen LogP contribution in [0.15, 0.2) is 24.4 Å². The molecule has 1 aromatic rings. The molecular formula is C20H32N4O. The fraction of sp³-hybridized carbons (Fsp3) is 0.700. The largest absolute Gasteiger partial charge is 0.335 e. The monoisotopic (exact) mass is 344 g/mol. The van der Waals surface area contributed by atoms with E-state index in [4.69, 9.17) is 0 Å². The molecule has 2 amide bonds. The van der Waals surface area contributed by atoms with Gasteiger partial charge in [0.25, 0.3) is 0 Å². The number of nitrogens with zero attached hydrogens (tertiary/aromatic N) is 3. The number of carbonyl (C=O) groups is 1. The van der Waals surface area contributed by atoms with Crippen LogP contribution >= 0.6 is 0 Å². The van der Waals surface area contributed by atoms with Crippen molar-refractivity contribution in [2.24, 2.45) is 0 Å². The average molecular weight is 345 g/mol. The summed E-state index contributed by atoms with van der Waals surface area (Å²) in [5, 5.41) is 3.26. The molecule has 0 aromatic carbocycles. The van der Waals surface area contributed by atoms with E-state index in [-0.39, 0.29) is 6.03 Å². The topological polar surface area (TPSA) is 48.5 Å². The number of carbonyl (C=O) groups excluding carboxylic acids is 1. The molecule has 1 atom stereocenters. The molecule has 1 saturated heterocycles. The third-order valence-corrected chi connectivity index (χ3v) is 5.69. The number of piperidine rings is 1. The van der Waals surface area contributed by atoms with Crippen LogP contribution in [0.4, 0.5) is 4.79 Å². The molecule has 2 fully saturated rings. The highest BCUT2D eigenvalue weighted by Gasteiger charge is 2.27. The lowest BCUT2D eigenvalue weighted by molar-refractivity contribution is 0.123. The Balaban J connectivity index is 1.45. The quantitative estimate of drug-likeness (QED) is 0.893. The van der Waals surface area contributed by atoms with Crippen LogP contribution in [0.3, 0.4) is 0 Å². The number of hydrogen-bond acceptors (Lipinski definition) is 3. The lowest BCUT2D eigenvalue weighted by atomic mass is 9.95. The molecule has 0 radical (unpaired) electrons. The van der Waals surface area contributed by atoms with Gasteiger partial charge in [-0.25, -0.2) is 4.79 Å². The van der Waals surface area contributed by atoms with Crippen molar-refractivity contribution in [1.29, 1.82) is 0 Å². The summed E-state index contributed by atoms with van der Waals surface area (Å²) in [7, 11) is 2.18. The second-order valence-corrected chi connectivity index (χ2v) is 7.58. The molecular weight excluding hydrogens is 312 g/mol. The van der Waals surface area contributed by atoms with Gasteiger partial charge in [-0.15, -0.1) is 0 Å². The van der Waals surface area contributed by atoms with E-state index >= 15 is 0 Å². The molecule has 1 unspecified atom stereocenters. The third kappa shape index (κ3) is 5.43. The fourth-order valence-corrected chi connectivity index (χ4v) is 4.03. The molecule has 3 rings (SSSR count). The standard InChI is InChI=1S/C20H32N4O/c1-23(15-12-17-8-5-6-13-21-17)19-11-7-14-24(16-19)20(25)22-18-9-3-2-4-10-18/h5-6,8,13,18-19H,2-4,7,9-12,14-16H2,1H3,(H,22,25). The number of likely N-dealkylation sites (N-methyl/N-ethyl adjacent to an activating group) is 1. The summed E-state index contributed by atoms with van der Waals surface area (Å²) in [6.07, 6.45) is 11.2. The fourth-order valence-electron chi connectivity index (χ4n) is 4.03. The van der Waals surface area contributed by atoms with Crippen LogP contribution in [-0.2, 0) is 6.42 Å². The van der Waals surface area contributed by atoms with Crippen LogP contribution < -0.4 is 5.32 Å². The smallest absolute Gasteiger partial charge is 0.317 e. The maximum absolute atomic E-state index is 12.6. The van der Waals surface area contributed by atoms with Gasteiger partial charge >= 0.3 is 6.03 Å². The zero-order chi connectivity index (χ0) is 17.5. The normalized spacial score (nSPS) is 22.2. The van der Waals surface area contributed by atoms with E-state index < -0.39 is 0 Å². The molecule has 1 aliphatic carbocycles. The maximum Gasteiger partial charge on any atom is 0.317 e. The highest BCUT2D eigenvalue weighted by molar-refractivity contribution is 5.74. The maximum atomic E-state index is 12.6. The van der Waals surface area contributed by atoms with Crippen molar-refractivity contribution in [3.63, 3.8) is 0 Å². The predicted octanol–water partition coefficient (Wildman–Crippen LogP) is 3.06. The van der Waals surface area contributed by atoms with Crippen molar-refractivity contribution in [3.8, 4) is 0 Å². The number of rotatable bonds is 5. The van der Waals surface area contributed by atoms with Gasteiger partial charge in [-0.3, -0.25) is 4.98 Å². The molecule has 0 spiro atoms. The number of hydrogen-bond donors (Lipinski definition) is 1. The van der Waals surface area contributed by atoms with E-state index in [0.717, 1.165) is 51.0 Å². The minimum Gasteiger partial charge on any atom is -0.335 e. The second-order valence-electron chi connectivity index (χ2n) is 7.58. The van der Waals surface area contributed by atoms with Gasteiger partial charge in [-0.05, 0) is 44.9 Å². The van der Waals surface area contributed by atoms with Crippen molar-refractivity contribution in [3.05, 3.63) is 30.1 Å². The Morgan fingerprint density at radius 1 is 1.24 bits per heavy atom. The van der Waals surface area contributed by atoms with E-state index in [2.05, 4.69) is 28.3 Å². The van der Waals surface area contributed by atoms with Gasteiger partial charge in [0, 0.05) is 50.0 Å². The van der Waals surface area contributed by atoms with Crippen molar-refractivity contribution in [2.75, 3.05) is 26.7 Å². The van der Waals surface area contributed by atoms with E-state index in [1.165, 1.54) is 25.7 Å². The Kier molecular flexibility index (Phi) is 6.68. The van der Waals surface area contributed by atoms with Crippen LogP contribution in [-0.4, -0.2) is 59.6 Å². The number of urea groups is 1. The number of aromatic nitrogens is 1. The Labute approximate surface area is 151 Å². The minimum atomic E-state index is 0.148. The summed E-state index contributed by atoms with van der Waals surface area (Å²) in [5.74, 6) is 0. The number of pyridine rings is 1. The van der Waals surface area contributed by atoms with Crippen LogP contribution in [0.1, 0.15) is 50.6 Å². The second kappa shape index (κ2) is 9.18. The Morgan fingerprint density at radius 3 is 2.84 bits per heavy atom. The van der Waals surface area contributed by atoms with Crippen molar-refractivity contribution in [2.45, 2.75) is 63.5 Å². The summed E-state index contributed by atoms with van der Waals surface area (Å²) in [6, 6.07) is 7.07. The van der Waals surface area contributed by atoms with Crippen molar-refractivity contribution in [1.82, 2.24) is 20.1 Å². The molecule has 1 aliphatic heterocycles. The lowest BCUT2D eigenvalue weighted by Crippen LogP contribution is -2.53. The summed E-state index contributed by atoms with van der Waals surface area (Å²) in [6.45, 7) is 2.72. The van der Waals surface area contributed by atoms with Gasteiger partial charge in [-0.2, -0.15) is 0 Å². The molecule has 2 heterocycles. The highest BCUT2D eigenvalue weighted by Crippen LogP contribution is 2.19.